The smallest absolute Gasteiger partial charge is 0.359 e. The van der Waals surface area contributed by atoms with Crippen molar-refractivity contribution in [1.29, 1.82) is 0 Å². The highest BCUT2D eigenvalue weighted by Gasteiger charge is 2.26. The van der Waals surface area contributed by atoms with E-state index in [1.807, 2.05) is 0 Å². The third kappa shape index (κ3) is 4.24. The highest BCUT2D eigenvalue weighted by Crippen LogP contribution is 2.23. The molecule has 0 unspecified atom stereocenters. The summed E-state index contributed by atoms with van der Waals surface area (Å²) in [6, 6.07) is 0.170. The van der Waals surface area contributed by atoms with E-state index in [-0.39, 0.29) is 17.6 Å². The van der Waals surface area contributed by atoms with Crippen LogP contribution in [0.25, 0.3) is 0 Å². The lowest BCUT2D eigenvalue weighted by molar-refractivity contribution is -0.130. The van der Waals surface area contributed by atoms with Gasteiger partial charge in [-0.3, -0.25) is 9.78 Å². The van der Waals surface area contributed by atoms with Crippen LogP contribution < -0.4 is 5.32 Å². The molecule has 3 atom stereocenters. The molecule has 0 saturated heterocycles. The van der Waals surface area contributed by atoms with Crippen LogP contribution in [-0.4, -0.2) is 34.0 Å². The van der Waals surface area contributed by atoms with Crippen LogP contribution in [0.3, 0.4) is 0 Å². The van der Waals surface area contributed by atoms with E-state index in [1.54, 1.807) is 6.92 Å². The summed E-state index contributed by atoms with van der Waals surface area (Å²) in [6.45, 7) is 3.71. The Kier molecular flexibility index (Phi) is 5.25. The molecule has 0 aliphatic heterocycles. The SMILES string of the molecule is C[C@@H](OC(=O)c1cnccn1)C(=O)N[C@@H]1CCCC[C@@H]1C. The molecule has 2 rings (SSSR count). The van der Waals surface area contributed by atoms with Crippen molar-refractivity contribution in [3.63, 3.8) is 0 Å². The third-order valence-electron chi connectivity index (χ3n) is 3.86. The monoisotopic (exact) mass is 291 g/mol. The first-order chi connectivity index (χ1) is 10.1. The molecule has 0 bridgehead atoms. The summed E-state index contributed by atoms with van der Waals surface area (Å²) in [6.07, 6.45) is 7.80. The molecule has 1 saturated carbocycles. The van der Waals surface area contributed by atoms with E-state index in [0.29, 0.717) is 5.92 Å². The molecule has 1 heterocycles. The van der Waals surface area contributed by atoms with Crippen molar-refractivity contribution in [2.75, 3.05) is 0 Å². The van der Waals surface area contributed by atoms with E-state index in [9.17, 15) is 9.59 Å². The van der Waals surface area contributed by atoms with Crippen LogP contribution in [0.15, 0.2) is 18.6 Å². The zero-order chi connectivity index (χ0) is 15.2. The first-order valence-electron chi connectivity index (χ1n) is 7.35. The van der Waals surface area contributed by atoms with E-state index < -0.39 is 12.1 Å². The van der Waals surface area contributed by atoms with Crippen LogP contribution in [0, 0.1) is 5.92 Å². The molecule has 1 aromatic heterocycles. The molecule has 0 aromatic carbocycles. The van der Waals surface area contributed by atoms with Crippen molar-refractivity contribution in [3.8, 4) is 0 Å². The highest BCUT2D eigenvalue weighted by atomic mass is 16.5. The van der Waals surface area contributed by atoms with Crippen molar-refractivity contribution >= 4 is 11.9 Å². The zero-order valence-corrected chi connectivity index (χ0v) is 12.4. The summed E-state index contributed by atoms with van der Waals surface area (Å²) in [5, 5.41) is 2.97. The molecular formula is C15H21N3O3. The van der Waals surface area contributed by atoms with Gasteiger partial charge in [0.25, 0.3) is 5.91 Å². The Morgan fingerprint density at radius 3 is 2.76 bits per heavy atom. The molecule has 6 nitrogen and oxygen atoms in total. The molecule has 6 heteroatoms. The fourth-order valence-electron chi connectivity index (χ4n) is 2.51. The number of carbonyl (C=O) groups is 2. The van der Waals surface area contributed by atoms with Gasteiger partial charge in [-0.05, 0) is 25.7 Å². The predicted molar refractivity (Wildman–Crippen MR) is 76.5 cm³/mol. The van der Waals surface area contributed by atoms with Crippen LogP contribution in [0.4, 0.5) is 0 Å². The first-order valence-corrected chi connectivity index (χ1v) is 7.35. The lowest BCUT2D eigenvalue weighted by atomic mass is 9.86. The molecule has 1 aromatic rings. The summed E-state index contributed by atoms with van der Waals surface area (Å²) in [7, 11) is 0. The summed E-state index contributed by atoms with van der Waals surface area (Å²) in [5.41, 5.74) is 0.100. The Balaban J connectivity index is 1.86. The molecule has 21 heavy (non-hydrogen) atoms. The number of ether oxygens (including phenoxy) is 1. The van der Waals surface area contributed by atoms with Gasteiger partial charge in [-0.25, -0.2) is 9.78 Å². The number of carbonyl (C=O) groups excluding carboxylic acids is 2. The molecule has 114 valence electrons. The van der Waals surface area contributed by atoms with E-state index in [2.05, 4.69) is 22.2 Å². The maximum absolute atomic E-state index is 12.1. The number of hydrogen-bond acceptors (Lipinski definition) is 5. The number of hydrogen-bond donors (Lipinski definition) is 1. The van der Waals surface area contributed by atoms with Crippen LogP contribution in [0.2, 0.25) is 0 Å². The van der Waals surface area contributed by atoms with Crippen LogP contribution in [0.5, 0.6) is 0 Å². The standard InChI is InChI=1S/C15H21N3O3/c1-10-5-3-4-6-12(10)18-14(19)11(2)21-15(20)13-9-16-7-8-17-13/h7-12H,3-6H2,1-2H3,(H,18,19)/t10-,11+,12+/m0/s1. The Bertz CT molecular complexity index is 492. The summed E-state index contributed by atoms with van der Waals surface area (Å²) in [5.74, 6) is -0.431. The van der Waals surface area contributed by atoms with Gasteiger partial charge >= 0.3 is 5.97 Å². The maximum atomic E-state index is 12.1. The zero-order valence-electron chi connectivity index (χ0n) is 12.4. The Labute approximate surface area is 124 Å². The average molecular weight is 291 g/mol. The minimum absolute atomic E-state index is 0.100. The van der Waals surface area contributed by atoms with Crippen molar-refractivity contribution in [3.05, 3.63) is 24.3 Å². The van der Waals surface area contributed by atoms with Gasteiger partial charge in [-0.1, -0.05) is 19.8 Å². The third-order valence-corrected chi connectivity index (χ3v) is 3.86. The molecule has 1 aliphatic rings. The minimum Gasteiger partial charge on any atom is -0.448 e. The molecule has 1 amide bonds. The molecular weight excluding hydrogens is 270 g/mol. The Hall–Kier alpha value is -1.98. The lowest BCUT2D eigenvalue weighted by Gasteiger charge is -2.30. The minimum atomic E-state index is -0.839. The van der Waals surface area contributed by atoms with Gasteiger partial charge < -0.3 is 10.1 Å². The van der Waals surface area contributed by atoms with E-state index in [4.69, 9.17) is 4.74 Å². The van der Waals surface area contributed by atoms with Crippen molar-refractivity contribution in [1.82, 2.24) is 15.3 Å². The number of esters is 1. The number of nitrogens with one attached hydrogen (secondary N) is 1. The van der Waals surface area contributed by atoms with Crippen molar-refractivity contribution in [2.24, 2.45) is 5.92 Å². The Morgan fingerprint density at radius 1 is 1.33 bits per heavy atom. The maximum Gasteiger partial charge on any atom is 0.359 e. The number of amides is 1. The van der Waals surface area contributed by atoms with Gasteiger partial charge in [0.15, 0.2) is 11.8 Å². The normalized spacial score (nSPS) is 23.1. The Morgan fingerprint density at radius 2 is 2.10 bits per heavy atom. The van der Waals surface area contributed by atoms with Crippen LogP contribution in [-0.2, 0) is 9.53 Å². The van der Waals surface area contributed by atoms with Gasteiger partial charge in [-0.2, -0.15) is 0 Å². The molecule has 1 fully saturated rings. The number of rotatable bonds is 4. The van der Waals surface area contributed by atoms with Crippen molar-refractivity contribution < 1.29 is 14.3 Å². The first kappa shape index (κ1) is 15.4. The topological polar surface area (TPSA) is 81.2 Å². The average Bonchev–Trinajstić information content (AvgIpc) is 2.50. The van der Waals surface area contributed by atoms with Gasteiger partial charge in [0.05, 0.1) is 6.20 Å². The number of aromatic nitrogens is 2. The van der Waals surface area contributed by atoms with Crippen molar-refractivity contribution in [2.45, 2.75) is 51.7 Å². The highest BCUT2D eigenvalue weighted by molar-refractivity contribution is 5.90. The van der Waals surface area contributed by atoms with Gasteiger partial charge in [0.2, 0.25) is 0 Å². The largest absolute Gasteiger partial charge is 0.448 e. The lowest BCUT2D eigenvalue weighted by Crippen LogP contribution is -2.46. The predicted octanol–water partition coefficient (Wildman–Crippen LogP) is 1.72. The summed E-state index contributed by atoms with van der Waals surface area (Å²) in [4.78, 5) is 31.6. The fraction of sp³-hybridized carbons (Fsp3) is 0.600. The van der Waals surface area contributed by atoms with Crippen LogP contribution in [0.1, 0.15) is 50.0 Å². The van der Waals surface area contributed by atoms with Gasteiger partial charge in [0, 0.05) is 18.4 Å². The van der Waals surface area contributed by atoms with E-state index >= 15 is 0 Å². The summed E-state index contributed by atoms with van der Waals surface area (Å²) < 4.78 is 5.12. The quantitative estimate of drug-likeness (QED) is 0.854. The molecule has 1 N–H and O–H groups in total. The number of nitrogens with zero attached hydrogens (tertiary/aromatic N) is 2. The summed E-state index contributed by atoms with van der Waals surface area (Å²) >= 11 is 0. The van der Waals surface area contributed by atoms with E-state index in [1.165, 1.54) is 25.0 Å². The molecule has 0 radical (unpaired) electrons. The van der Waals surface area contributed by atoms with E-state index in [0.717, 1.165) is 19.3 Å². The molecule has 1 aliphatic carbocycles. The fourth-order valence-corrected chi connectivity index (χ4v) is 2.51. The van der Waals surface area contributed by atoms with Crippen LogP contribution >= 0.6 is 0 Å². The second-order valence-corrected chi connectivity index (χ2v) is 5.52. The molecule has 0 spiro atoms. The second-order valence-electron chi connectivity index (χ2n) is 5.52. The van der Waals surface area contributed by atoms with Gasteiger partial charge in [-0.15, -0.1) is 0 Å². The van der Waals surface area contributed by atoms with Gasteiger partial charge in [0.1, 0.15) is 0 Å². The second kappa shape index (κ2) is 7.15.